The Balaban J connectivity index is 1.58. The molecule has 0 spiro atoms. The van der Waals surface area contributed by atoms with E-state index in [2.05, 4.69) is 25.4 Å². The van der Waals surface area contributed by atoms with Crippen LogP contribution in [-0.2, 0) is 4.74 Å². The largest absolute Gasteiger partial charge is 0.436 e. The van der Waals surface area contributed by atoms with Crippen LogP contribution >= 0.6 is 0 Å². The van der Waals surface area contributed by atoms with Crippen molar-refractivity contribution in [2.45, 2.75) is 0 Å². The summed E-state index contributed by atoms with van der Waals surface area (Å²) in [5, 5.41) is 6.50. The molecule has 166 valence electrons. The summed E-state index contributed by atoms with van der Waals surface area (Å²) in [4.78, 5) is 25.8. The summed E-state index contributed by atoms with van der Waals surface area (Å²) in [6.45, 7) is 2.30. The Morgan fingerprint density at radius 3 is 2.76 bits per heavy atom. The maximum absolute atomic E-state index is 15.1. The van der Waals surface area contributed by atoms with Crippen molar-refractivity contribution in [3.05, 3.63) is 71.1 Å². The molecule has 4 heterocycles. The summed E-state index contributed by atoms with van der Waals surface area (Å²) >= 11 is 0. The number of nitrogens with zero attached hydrogens (tertiary/aromatic N) is 5. The second kappa shape index (κ2) is 9.13. The van der Waals surface area contributed by atoms with Crippen LogP contribution in [-0.4, -0.2) is 41.3 Å². The Hall–Kier alpha value is -4.18. The first-order valence-corrected chi connectivity index (χ1v) is 10.3. The fourth-order valence-corrected chi connectivity index (χ4v) is 3.58. The van der Waals surface area contributed by atoms with Crippen LogP contribution in [0.5, 0.6) is 0 Å². The smallest absolute Gasteiger partial charge is 0.260 e. The third-order valence-electron chi connectivity index (χ3n) is 5.16. The lowest BCUT2D eigenvalue weighted by Gasteiger charge is -2.29. The molecule has 0 amide bonds. The SMILES string of the molecule is O=Nc1ccc(/C=C/c2nc(Nc3cccnc3)c3cc(F)c(N4CCOCC4)cc3n2)o1. The first-order chi connectivity index (χ1) is 16.2. The highest BCUT2D eigenvalue weighted by atomic mass is 19.1. The zero-order chi connectivity index (χ0) is 22.6. The second-order valence-electron chi connectivity index (χ2n) is 7.32. The number of furan rings is 1. The van der Waals surface area contributed by atoms with Crippen molar-refractivity contribution >= 4 is 46.1 Å². The number of benzene rings is 1. The predicted molar refractivity (Wildman–Crippen MR) is 123 cm³/mol. The molecule has 1 saturated heterocycles. The number of fused-ring (bicyclic) bond motifs is 1. The molecule has 10 heteroatoms. The molecule has 33 heavy (non-hydrogen) atoms. The van der Waals surface area contributed by atoms with Gasteiger partial charge >= 0.3 is 0 Å². The molecule has 0 bridgehead atoms. The highest BCUT2D eigenvalue weighted by molar-refractivity contribution is 5.93. The summed E-state index contributed by atoms with van der Waals surface area (Å²) in [6, 6.07) is 9.90. The Labute approximate surface area is 187 Å². The van der Waals surface area contributed by atoms with Crippen LogP contribution in [0.4, 0.5) is 27.5 Å². The van der Waals surface area contributed by atoms with Crippen molar-refractivity contribution < 1.29 is 13.5 Å². The Morgan fingerprint density at radius 2 is 2.00 bits per heavy atom. The van der Waals surface area contributed by atoms with Crippen LogP contribution in [0, 0.1) is 10.7 Å². The standard InChI is InChI=1S/C23H19FN6O3/c24-18-12-17-19(13-20(18)30-8-10-32-11-9-30)27-21(5-3-16-4-6-22(29-31)33-16)28-23(17)26-15-2-1-7-25-14-15/h1-7,12-14H,8-11H2,(H,26,27,28)/b5-3+. The van der Waals surface area contributed by atoms with E-state index in [0.29, 0.717) is 66.0 Å². The number of halogens is 1. The number of hydrogen-bond donors (Lipinski definition) is 1. The predicted octanol–water partition coefficient (Wildman–Crippen LogP) is 4.91. The van der Waals surface area contributed by atoms with Crippen LogP contribution in [0.15, 0.2) is 58.4 Å². The normalized spacial score (nSPS) is 14.2. The van der Waals surface area contributed by atoms with Gasteiger partial charge in [-0.05, 0) is 42.5 Å². The van der Waals surface area contributed by atoms with E-state index in [0.717, 1.165) is 0 Å². The first-order valence-electron chi connectivity index (χ1n) is 10.3. The van der Waals surface area contributed by atoms with Gasteiger partial charge in [0.05, 0.1) is 36.3 Å². The number of nitroso groups, excluding NO2 is 1. The van der Waals surface area contributed by atoms with Gasteiger partial charge in [-0.2, -0.15) is 0 Å². The number of morpholine rings is 1. The molecule has 1 fully saturated rings. The third kappa shape index (κ3) is 4.55. The maximum Gasteiger partial charge on any atom is 0.260 e. The fourth-order valence-electron chi connectivity index (χ4n) is 3.58. The molecule has 0 atom stereocenters. The molecule has 3 aromatic heterocycles. The molecule has 1 aliphatic heterocycles. The van der Waals surface area contributed by atoms with Gasteiger partial charge in [-0.3, -0.25) is 4.98 Å². The Morgan fingerprint density at radius 1 is 1.12 bits per heavy atom. The van der Waals surface area contributed by atoms with Gasteiger partial charge in [-0.1, -0.05) is 0 Å². The summed E-state index contributed by atoms with van der Waals surface area (Å²) in [7, 11) is 0. The summed E-state index contributed by atoms with van der Waals surface area (Å²) in [6.07, 6.45) is 6.60. The molecule has 1 aliphatic rings. The van der Waals surface area contributed by atoms with Crippen molar-refractivity contribution in [3.63, 3.8) is 0 Å². The average Bonchev–Trinajstić information content (AvgIpc) is 3.32. The molecule has 1 N–H and O–H groups in total. The third-order valence-corrected chi connectivity index (χ3v) is 5.16. The van der Waals surface area contributed by atoms with Crippen molar-refractivity contribution in [1.82, 2.24) is 15.0 Å². The average molecular weight is 446 g/mol. The quantitative estimate of drug-likeness (QED) is 0.417. The van der Waals surface area contributed by atoms with Crippen LogP contribution in [0.1, 0.15) is 11.6 Å². The van der Waals surface area contributed by atoms with E-state index in [4.69, 9.17) is 9.15 Å². The topological polar surface area (TPSA) is 106 Å². The van der Waals surface area contributed by atoms with E-state index in [1.54, 1.807) is 42.7 Å². The van der Waals surface area contributed by atoms with Crippen molar-refractivity contribution in [3.8, 4) is 0 Å². The minimum Gasteiger partial charge on any atom is -0.436 e. The van der Waals surface area contributed by atoms with Crippen molar-refractivity contribution in [1.29, 1.82) is 0 Å². The molecule has 4 aromatic rings. The van der Waals surface area contributed by atoms with Gasteiger partial charge in [0.1, 0.15) is 17.4 Å². The van der Waals surface area contributed by atoms with E-state index >= 15 is 4.39 Å². The number of rotatable bonds is 6. The maximum atomic E-state index is 15.1. The minimum absolute atomic E-state index is 0.0151. The lowest BCUT2D eigenvalue weighted by atomic mass is 10.1. The van der Waals surface area contributed by atoms with Gasteiger partial charge in [0.25, 0.3) is 5.88 Å². The van der Waals surface area contributed by atoms with Gasteiger partial charge in [0.2, 0.25) is 0 Å². The summed E-state index contributed by atoms with van der Waals surface area (Å²) < 4.78 is 25.7. The second-order valence-corrected chi connectivity index (χ2v) is 7.32. The zero-order valence-corrected chi connectivity index (χ0v) is 17.4. The number of aromatic nitrogens is 3. The van der Waals surface area contributed by atoms with Crippen LogP contribution in [0.3, 0.4) is 0 Å². The van der Waals surface area contributed by atoms with E-state index < -0.39 is 0 Å². The lowest BCUT2D eigenvalue weighted by molar-refractivity contribution is 0.122. The molecule has 5 rings (SSSR count). The molecule has 1 aromatic carbocycles. The highest BCUT2D eigenvalue weighted by Crippen LogP contribution is 2.31. The molecule has 9 nitrogen and oxygen atoms in total. The monoisotopic (exact) mass is 446 g/mol. The van der Waals surface area contributed by atoms with E-state index in [-0.39, 0.29) is 11.7 Å². The number of nitrogens with one attached hydrogen (secondary N) is 1. The fraction of sp³-hybridized carbons (Fsp3) is 0.174. The molecule has 0 aliphatic carbocycles. The van der Waals surface area contributed by atoms with Crippen LogP contribution < -0.4 is 10.2 Å². The summed E-state index contributed by atoms with van der Waals surface area (Å²) in [5.74, 6) is 0.886. The number of pyridine rings is 1. The molecular formula is C23H19FN6O3. The van der Waals surface area contributed by atoms with Gasteiger partial charge in [0.15, 0.2) is 5.82 Å². The zero-order valence-electron chi connectivity index (χ0n) is 17.4. The van der Waals surface area contributed by atoms with Gasteiger partial charge in [-0.15, -0.1) is 4.91 Å². The minimum atomic E-state index is -0.352. The van der Waals surface area contributed by atoms with E-state index in [1.807, 2.05) is 11.0 Å². The van der Waals surface area contributed by atoms with E-state index in [1.165, 1.54) is 12.1 Å². The van der Waals surface area contributed by atoms with Crippen molar-refractivity contribution in [2.24, 2.45) is 5.18 Å². The molecule has 0 radical (unpaired) electrons. The van der Waals surface area contributed by atoms with Gasteiger partial charge in [-0.25, -0.2) is 14.4 Å². The highest BCUT2D eigenvalue weighted by Gasteiger charge is 2.18. The number of ether oxygens (including phenoxy) is 1. The van der Waals surface area contributed by atoms with E-state index in [9.17, 15) is 4.91 Å². The summed E-state index contributed by atoms with van der Waals surface area (Å²) in [5.41, 5.74) is 1.76. The molecule has 0 saturated carbocycles. The van der Waals surface area contributed by atoms with Crippen LogP contribution in [0.25, 0.3) is 23.1 Å². The Bertz CT molecular complexity index is 1320. The Kier molecular flexibility index (Phi) is 5.73. The molecule has 0 unspecified atom stereocenters. The van der Waals surface area contributed by atoms with Crippen molar-refractivity contribution in [2.75, 3.05) is 36.5 Å². The lowest BCUT2D eigenvalue weighted by Crippen LogP contribution is -2.36. The van der Waals surface area contributed by atoms with Crippen LogP contribution in [0.2, 0.25) is 0 Å². The number of hydrogen-bond acceptors (Lipinski definition) is 9. The van der Waals surface area contributed by atoms with Gasteiger partial charge in [0, 0.05) is 35.9 Å². The molecular weight excluding hydrogens is 427 g/mol. The van der Waals surface area contributed by atoms with Gasteiger partial charge < -0.3 is 19.4 Å². The number of anilines is 3. The first kappa shape index (κ1) is 20.7.